The highest BCUT2D eigenvalue weighted by atomic mass is 16.5. The molecule has 0 aliphatic carbocycles. The van der Waals surface area contributed by atoms with Crippen LogP contribution in [0.2, 0.25) is 0 Å². The smallest absolute Gasteiger partial charge is 0.203 e. The summed E-state index contributed by atoms with van der Waals surface area (Å²) in [6, 6.07) is 16.2. The van der Waals surface area contributed by atoms with Crippen LogP contribution in [0.25, 0.3) is 11.0 Å². The number of imidazole rings is 1. The van der Waals surface area contributed by atoms with Crippen LogP contribution in [0.4, 0.5) is 0 Å². The van der Waals surface area contributed by atoms with Gasteiger partial charge in [-0.15, -0.1) is 0 Å². The van der Waals surface area contributed by atoms with Gasteiger partial charge in [0, 0.05) is 6.54 Å². The van der Waals surface area contributed by atoms with Gasteiger partial charge in [-0.2, -0.15) is 0 Å². The van der Waals surface area contributed by atoms with Crippen molar-refractivity contribution in [1.29, 1.82) is 5.41 Å². The van der Waals surface area contributed by atoms with E-state index in [0.29, 0.717) is 18.8 Å². The van der Waals surface area contributed by atoms with E-state index < -0.39 is 0 Å². The molecule has 4 heteroatoms. The van der Waals surface area contributed by atoms with Crippen LogP contribution < -0.4 is 10.4 Å². The Morgan fingerprint density at radius 1 is 1.00 bits per heavy atom. The van der Waals surface area contributed by atoms with Crippen LogP contribution in [0.3, 0.4) is 0 Å². The minimum absolute atomic E-state index is 0.525. The molecule has 3 aromatic rings. The molecule has 0 fully saturated rings. The Labute approximate surface area is 130 Å². The quantitative estimate of drug-likeness (QED) is 0.771. The molecule has 0 saturated carbocycles. The minimum Gasteiger partial charge on any atom is -0.492 e. The average molecular weight is 295 g/mol. The number of aryl methyl sites for hydroxylation is 2. The normalized spacial score (nSPS) is 11.0. The van der Waals surface area contributed by atoms with E-state index in [1.165, 1.54) is 5.56 Å². The Kier molecular flexibility index (Phi) is 4.00. The lowest BCUT2D eigenvalue weighted by Crippen LogP contribution is -2.26. The van der Waals surface area contributed by atoms with E-state index in [2.05, 4.69) is 32.0 Å². The highest BCUT2D eigenvalue weighted by Gasteiger charge is 2.08. The van der Waals surface area contributed by atoms with E-state index in [4.69, 9.17) is 10.1 Å². The molecule has 1 aromatic heterocycles. The van der Waals surface area contributed by atoms with Gasteiger partial charge in [0.25, 0.3) is 0 Å². The molecule has 2 aromatic carbocycles. The Morgan fingerprint density at radius 2 is 1.73 bits per heavy atom. The predicted octanol–water partition coefficient (Wildman–Crippen LogP) is 3.33. The van der Waals surface area contributed by atoms with Crippen molar-refractivity contribution in [2.45, 2.75) is 26.9 Å². The highest BCUT2D eigenvalue weighted by molar-refractivity contribution is 5.75. The summed E-state index contributed by atoms with van der Waals surface area (Å²) in [6.45, 7) is 6.14. The Morgan fingerprint density at radius 3 is 2.41 bits per heavy atom. The first-order valence-electron chi connectivity index (χ1n) is 7.63. The maximum Gasteiger partial charge on any atom is 0.203 e. The molecule has 0 unspecified atom stereocenters. The first kappa shape index (κ1) is 14.4. The summed E-state index contributed by atoms with van der Waals surface area (Å²) in [6.07, 6.45) is 0. The molecular formula is C18H21N3O. The maximum absolute atomic E-state index is 8.36. The number of rotatable bonds is 5. The van der Waals surface area contributed by atoms with Crippen molar-refractivity contribution >= 4 is 11.0 Å². The topological polar surface area (TPSA) is 42.9 Å². The first-order valence-corrected chi connectivity index (χ1v) is 7.63. The predicted molar refractivity (Wildman–Crippen MR) is 88.1 cm³/mol. The van der Waals surface area contributed by atoms with Crippen LogP contribution in [0.5, 0.6) is 5.75 Å². The number of hydrogen-bond acceptors (Lipinski definition) is 2. The number of nitrogens with one attached hydrogen (secondary N) is 1. The molecule has 0 atom stereocenters. The first-order chi connectivity index (χ1) is 10.7. The molecule has 1 N–H and O–H groups in total. The lowest BCUT2D eigenvalue weighted by molar-refractivity contribution is 0.296. The fraction of sp³-hybridized carbons (Fsp3) is 0.278. The minimum atomic E-state index is 0.525. The van der Waals surface area contributed by atoms with Crippen molar-refractivity contribution in [2.75, 3.05) is 6.61 Å². The molecule has 1 heterocycles. The van der Waals surface area contributed by atoms with E-state index in [0.717, 1.165) is 23.3 Å². The van der Waals surface area contributed by atoms with Gasteiger partial charge in [0.1, 0.15) is 12.4 Å². The van der Waals surface area contributed by atoms with Gasteiger partial charge in [-0.1, -0.05) is 24.3 Å². The second-order valence-corrected chi connectivity index (χ2v) is 5.37. The zero-order chi connectivity index (χ0) is 15.5. The van der Waals surface area contributed by atoms with Crippen molar-refractivity contribution in [3.05, 3.63) is 59.7 Å². The number of hydrogen-bond donors (Lipinski definition) is 1. The molecule has 0 spiro atoms. The van der Waals surface area contributed by atoms with Crippen molar-refractivity contribution in [3.8, 4) is 5.75 Å². The summed E-state index contributed by atoms with van der Waals surface area (Å²) in [5.41, 5.74) is 3.90. The summed E-state index contributed by atoms with van der Waals surface area (Å²) >= 11 is 0. The standard InChI is InChI=1S/C18H21N3O/c1-3-20-16-9-4-5-10-17(16)21(18(20)19)11-12-22-15-8-6-7-14(2)13-15/h4-10,13,19H,3,11-12H2,1-2H3. The molecule has 0 bridgehead atoms. The van der Waals surface area contributed by atoms with E-state index in [9.17, 15) is 0 Å². The molecule has 3 rings (SSSR count). The fourth-order valence-electron chi connectivity index (χ4n) is 2.80. The van der Waals surface area contributed by atoms with E-state index >= 15 is 0 Å². The number of para-hydroxylation sites is 2. The van der Waals surface area contributed by atoms with Gasteiger partial charge in [-0.25, -0.2) is 0 Å². The summed E-state index contributed by atoms with van der Waals surface area (Å²) < 4.78 is 9.85. The molecule has 0 aliphatic heterocycles. The summed E-state index contributed by atoms with van der Waals surface area (Å²) in [7, 11) is 0. The number of benzene rings is 2. The van der Waals surface area contributed by atoms with Gasteiger partial charge < -0.3 is 13.9 Å². The second-order valence-electron chi connectivity index (χ2n) is 5.37. The monoisotopic (exact) mass is 295 g/mol. The van der Waals surface area contributed by atoms with Gasteiger partial charge in [-0.3, -0.25) is 5.41 Å². The SMILES string of the molecule is CCn1c(=N)n(CCOc2cccc(C)c2)c2ccccc21. The van der Waals surface area contributed by atoms with Crippen molar-refractivity contribution in [3.63, 3.8) is 0 Å². The number of aromatic nitrogens is 2. The number of fused-ring (bicyclic) bond motifs is 1. The Bertz CT molecular complexity index is 845. The molecule has 114 valence electrons. The van der Waals surface area contributed by atoms with Gasteiger partial charge in [-0.05, 0) is 43.7 Å². The van der Waals surface area contributed by atoms with Gasteiger partial charge in [0.2, 0.25) is 5.62 Å². The molecule has 0 saturated heterocycles. The second kappa shape index (κ2) is 6.10. The summed E-state index contributed by atoms with van der Waals surface area (Å²) in [5, 5.41) is 8.36. The average Bonchev–Trinajstić information content (AvgIpc) is 2.79. The third kappa shape index (κ3) is 2.64. The molecule has 0 amide bonds. The molecular weight excluding hydrogens is 274 g/mol. The van der Waals surface area contributed by atoms with Crippen LogP contribution in [0, 0.1) is 12.3 Å². The molecule has 22 heavy (non-hydrogen) atoms. The van der Waals surface area contributed by atoms with Gasteiger partial charge in [0.15, 0.2) is 0 Å². The lowest BCUT2D eigenvalue weighted by atomic mass is 10.2. The highest BCUT2D eigenvalue weighted by Crippen LogP contribution is 2.14. The Balaban J connectivity index is 1.82. The van der Waals surface area contributed by atoms with Crippen LogP contribution in [0.1, 0.15) is 12.5 Å². The van der Waals surface area contributed by atoms with Crippen LogP contribution in [-0.4, -0.2) is 15.7 Å². The fourth-order valence-corrected chi connectivity index (χ4v) is 2.80. The van der Waals surface area contributed by atoms with Crippen LogP contribution >= 0.6 is 0 Å². The zero-order valence-corrected chi connectivity index (χ0v) is 13.0. The van der Waals surface area contributed by atoms with E-state index in [1.807, 2.05) is 39.5 Å². The molecule has 0 aliphatic rings. The van der Waals surface area contributed by atoms with Crippen molar-refractivity contribution in [1.82, 2.24) is 9.13 Å². The zero-order valence-electron chi connectivity index (χ0n) is 13.0. The van der Waals surface area contributed by atoms with Crippen LogP contribution in [0.15, 0.2) is 48.5 Å². The van der Waals surface area contributed by atoms with Crippen molar-refractivity contribution < 1.29 is 4.74 Å². The van der Waals surface area contributed by atoms with Gasteiger partial charge in [0.05, 0.1) is 17.6 Å². The summed E-state index contributed by atoms with van der Waals surface area (Å²) in [4.78, 5) is 0. The van der Waals surface area contributed by atoms with Gasteiger partial charge >= 0.3 is 0 Å². The van der Waals surface area contributed by atoms with Crippen LogP contribution in [-0.2, 0) is 13.1 Å². The third-order valence-corrected chi connectivity index (χ3v) is 3.86. The maximum atomic E-state index is 8.36. The third-order valence-electron chi connectivity index (χ3n) is 3.86. The van der Waals surface area contributed by atoms with E-state index in [1.54, 1.807) is 0 Å². The molecule has 0 radical (unpaired) electrons. The van der Waals surface area contributed by atoms with Crippen molar-refractivity contribution in [2.24, 2.45) is 0 Å². The summed E-state index contributed by atoms with van der Waals surface area (Å²) in [5.74, 6) is 0.881. The largest absolute Gasteiger partial charge is 0.492 e. The Hall–Kier alpha value is -2.49. The number of ether oxygens (including phenoxy) is 1. The van der Waals surface area contributed by atoms with E-state index in [-0.39, 0.29) is 0 Å². The lowest BCUT2D eigenvalue weighted by Gasteiger charge is -2.08. The molecule has 4 nitrogen and oxygen atoms in total. The number of nitrogens with zero attached hydrogens (tertiary/aromatic N) is 2.